The second-order valence-corrected chi connectivity index (χ2v) is 8.40. The van der Waals surface area contributed by atoms with Crippen molar-refractivity contribution in [1.29, 1.82) is 0 Å². The second-order valence-electron chi connectivity index (χ2n) is 6.46. The van der Waals surface area contributed by atoms with Gasteiger partial charge in [0.25, 0.3) is 10.2 Å². The highest BCUT2D eigenvalue weighted by Gasteiger charge is 2.39. The van der Waals surface area contributed by atoms with Crippen LogP contribution < -0.4 is 5.32 Å². The third-order valence-electron chi connectivity index (χ3n) is 5.16. The summed E-state index contributed by atoms with van der Waals surface area (Å²) < 4.78 is 29.5. The first-order valence-electron chi connectivity index (χ1n) is 8.48. The lowest BCUT2D eigenvalue weighted by atomic mass is 9.96. The Morgan fingerprint density at radius 3 is 2.38 bits per heavy atom. The summed E-state index contributed by atoms with van der Waals surface area (Å²) in [6.07, 6.45) is 7.40. The molecule has 2 aliphatic rings. The molecular formula is C15H31N3O2S. The van der Waals surface area contributed by atoms with Crippen molar-refractivity contribution in [1.82, 2.24) is 13.9 Å². The quantitative estimate of drug-likeness (QED) is 0.843. The maximum atomic E-state index is 13.0. The molecule has 0 amide bonds. The minimum absolute atomic E-state index is 0.0869. The molecule has 1 saturated heterocycles. The highest BCUT2D eigenvalue weighted by molar-refractivity contribution is 7.86. The van der Waals surface area contributed by atoms with Crippen LogP contribution in [0.3, 0.4) is 0 Å². The van der Waals surface area contributed by atoms with E-state index in [1.807, 2.05) is 0 Å². The lowest BCUT2D eigenvalue weighted by molar-refractivity contribution is 0.190. The summed E-state index contributed by atoms with van der Waals surface area (Å²) in [7, 11) is -1.56. The van der Waals surface area contributed by atoms with Crippen LogP contribution in [0.5, 0.6) is 0 Å². The van der Waals surface area contributed by atoms with Crippen molar-refractivity contribution in [2.45, 2.75) is 76.9 Å². The summed E-state index contributed by atoms with van der Waals surface area (Å²) in [4.78, 5) is 0. The third kappa shape index (κ3) is 3.78. The third-order valence-corrected chi connectivity index (χ3v) is 7.23. The normalized spacial score (nSPS) is 29.9. The fourth-order valence-electron chi connectivity index (χ4n) is 3.54. The topological polar surface area (TPSA) is 52.7 Å². The van der Waals surface area contributed by atoms with E-state index in [4.69, 9.17) is 0 Å². The molecule has 5 nitrogen and oxygen atoms in total. The number of hydrogen-bond acceptors (Lipinski definition) is 3. The molecule has 2 fully saturated rings. The number of nitrogens with zero attached hydrogens (tertiary/aromatic N) is 2. The smallest absolute Gasteiger partial charge is 0.282 e. The van der Waals surface area contributed by atoms with Crippen molar-refractivity contribution in [3.63, 3.8) is 0 Å². The van der Waals surface area contributed by atoms with E-state index in [1.165, 1.54) is 6.42 Å². The Morgan fingerprint density at radius 2 is 1.81 bits per heavy atom. The molecule has 2 unspecified atom stereocenters. The predicted octanol–water partition coefficient (Wildman–Crippen LogP) is 1.96. The van der Waals surface area contributed by atoms with Crippen LogP contribution in [0.15, 0.2) is 0 Å². The Bertz CT molecular complexity index is 421. The van der Waals surface area contributed by atoms with E-state index >= 15 is 0 Å². The zero-order valence-corrected chi connectivity index (χ0v) is 14.5. The Kier molecular flexibility index (Phi) is 6.05. The van der Waals surface area contributed by atoms with Gasteiger partial charge in [-0.2, -0.15) is 17.0 Å². The Labute approximate surface area is 130 Å². The Morgan fingerprint density at radius 1 is 1.14 bits per heavy atom. The van der Waals surface area contributed by atoms with Gasteiger partial charge < -0.3 is 5.32 Å². The van der Waals surface area contributed by atoms with E-state index in [2.05, 4.69) is 19.2 Å². The second kappa shape index (κ2) is 7.40. The summed E-state index contributed by atoms with van der Waals surface area (Å²) in [6.45, 7) is 5.56. The van der Waals surface area contributed by atoms with E-state index in [9.17, 15) is 8.42 Å². The maximum Gasteiger partial charge on any atom is 0.282 e. The van der Waals surface area contributed by atoms with Crippen molar-refractivity contribution in [3.05, 3.63) is 0 Å². The molecule has 124 valence electrons. The van der Waals surface area contributed by atoms with E-state index in [-0.39, 0.29) is 18.1 Å². The van der Waals surface area contributed by atoms with Crippen molar-refractivity contribution < 1.29 is 8.42 Å². The van der Waals surface area contributed by atoms with Crippen LogP contribution in [0.2, 0.25) is 0 Å². The molecule has 1 aliphatic carbocycles. The predicted molar refractivity (Wildman–Crippen MR) is 86.4 cm³/mol. The lowest BCUT2D eigenvalue weighted by Gasteiger charge is -2.42. The van der Waals surface area contributed by atoms with Crippen molar-refractivity contribution in [2.75, 3.05) is 20.1 Å². The number of hydrogen-bond donors (Lipinski definition) is 1. The van der Waals surface area contributed by atoms with Gasteiger partial charge in [-0.15, -0.1) is 0 Å². The minimum atomic E-state index is -3.34. The van der Waals surface area contributed by atoms with E-state index < -0.39 is 10.2 Å². The molecule has 0 spiro atoms. The van der Waals surface area contributed by atoms with Gasteiger partial charge in [-0.1, -0.05) is 33.1 Å². The zero-order valence-electron chi connectivity index (χ0n) is 13.7. The first-order chi connectivity index (χ1) is 10.0. The molecule has 0 bridgehead atoms. The van der Waals surface area contributed by atoms with Gasteiger partial charge >= 0.3 is 0 Å². The molecule has 0 radical (unpaired) electrons. The van der Waals surface area contributed by atoms with Crippen LogP contribution >= 0.6 is 0 Å². The molecule has 1 heterocycles. The van der Waals surface area contributed by atoms with Gasteiger partial charge in [-0.05, 0) is 25.7 Å². The lowest BCUT2D eigenvalue weighted by Crippen LogP contribution is -2.61. The van der Waals surface area contributed by atoms with Gasteiger partial charge in [0.05, 0.1) is 0 Å². The van der Waals surface area contributed by atoms with Crippen LogP contribution in [-0.2, 0) is 10.2 Å². The molecule has 2 rings (SSSR count). The molecule has 0 aromatic rings. The molecule has 1 N–H and O–H groups in total. The number of piperazine rings is 1. The van der Waals surface area contributed by atoms with Gasteiger partial charge in [-0.25, -0.2) is 0 Å². The SMILES string of the molecule is CCC1CN(S(=O)(=O)N(C)C2CCCCC2)C(CC)CN1. The number of nitrogens with one attached hydrogen (secondary N) is 1. The fourth-order valence-corrected chi connectivity index (χ4v) is 5.42. The molecule has 1 saturated carbocycles. The van der Waals surface area contributed by atoms with Crippen molar-refractivity contribution in [3.8, 4) is 0 Å². The molecular weight excluding hydrogens is 286 g/mol. The minimum Gasteiger partial charge on any atom is -0.311 e. The Balaban J connectivity index is 2.14. The zero-order chi connectivity index (χ0) is 15.5. The van der Waals surface area contributed by atoms with Crippen molar-refractivity contribution >= 4 is 10.2 Å². The molecule has 1 aliphatic heterocycles. The van der Waals surface area contributed by atoms with Gasteiger partial charge in [0.15, 0.2) is 0 Å². The standard InChI is InChI=1S/C15H31N3O2S/c1-4-13-12-18(14(5-2)11-16-13)21(19,20)17(3)15-9-7-6-8-10-15/h13-16H,4-12H2,1-3H3. The highest BCUT2D eigenvalue weighted by Crippen LogP contribution is 2.27. The summed E-state index contributed by atoms with van der Waals surface area (Å²) in [5.41, 5.74) is 0. The summed E-state index contributed by atoms with van der Waals surface area (Å²) >= 11 is 0. The van der Waals surface area contributed by atoms with Gasteiger partial charge in [0.2, 0.25) is 0 Å². The molecule has 21 heavy (non-hydrogen) atoms. The monoisotopic (exact) mass is 317 g/mol. The molecule has 6 heteroatoms. The van der Waals surface area contributed by atoms with E-state index in [1.54, 1.807) is 15.7 Å². The highest BCUT2D eigenvalue weighted by atomic mass is 32.2. The largest absolute Gasteiger partial charge is 0.311 e. The van der Waals surface area contributed by atoms with Gasteiger partial charge in [0.1, 0.15) is 0 Å². The van der Waals surface area contributed by atoms with Crippen LogP contribution in [0.4, 0.5) is 0 Å². The average Bonchev–Trinajstić information content (AvgIpc) is 2.54. The maximum absolute atomic E-state index is 13.0. The molecule has 2 atom stereocenters. The van der Waals surface area contributed by atoms with Gasteiger partial charge in [0, 0.05) is 38.3 Å². The fraction of sp³-hybridized carbons (Fsp3) is 1.00. The molecule has 0 aromatic heterocycles. The van der Waals surface area contributed by atoms with Crippen LogP contribution in [0.1, 0.15) is 58.8 Å². The van der Waals surface area contributed by atoms with E-state index in [0.29, 0.717) is 6.54 Å². The van der Waals surface area contributed by atoms with E-state index in [0.717, 1.165) is 45.1 Å². The van der Waals surface area contributed by atoms with Crippen LogP contribution in [-0.4, -0.2) is 55.3 Å². The summed E-state index contributed by atoms with van der Waals surface area (Å²) in [5.74, 6) is 0. The summed E-state index contributed by atoms with van der Waals surface area (Å²) in [6, 6.07) is 0.558. The first-order valence-corrected chi connectivity index (χ1v) is 9.88. The Hall–Kier alpha value is -0.170. The van der Waals surface area contributed by atoms with Crippen molar-refractivity contribution in [2.24, 2.45) is 0 Å². The number of rotatable bonds is 5. The van der Waals surface area contributed by atoms with Crippen LogP contribution in [0, 0.1) is 0 Å². The molecule has 0 aromatic carbocycles. The average molecular weight is 317 g/mol. The first kappa shape index (κ1) is 17.2. The van der Waals surface area contributed by atoms with Crippen LogP contribution in [0.25, 0.3) is 0 Å². The summed E-state index contributed by atoms with van der Waals surface area (Å²) in [5, 5.41) is 3.47. The van der Waals surface area contributed by atoms with Gasteiger partial charge in [-0.3, -0.25) is 0 Å².